The molecule has 0 radical (unpaired) electrons. The molecule has 2 aromatic heterocycles. The van der Waals surface area contributed by atoms with E-state index in [9.17, 15) is 0 Å². The van der Waals surface area contributed by atoms with Crippen molar-refractivity contribution >= 4 is 11.6 Å². The molecule has 2 heterocycles. The van der Waals surface area contributed by atoms with Crippen LogP contribution in [0.15, 0.2) is 48.7 Å². The van der Waals surface area contributed by atoms with Crippen molar-refractivity contribution in [3.05, 3.63) is 65.1 Å². The fraction of sp³-hybridized carbons (Fsp3) is 0.133. The van der Waals surface area contributed by atoms with Crippen molar-refractivity contribution in [1.82, 2.24) is 20.0 Å². The quantitative estimate of drug-likeness (QED) is 0.742. The molecule has 0 aliphatic carbocycles. The highest BCUT2D eigenvalue weighted by Crippen LogP contribution is 2.13. The smallest absolute Gasteiger partial charge is 0.213 e. The zero-order chi connectivity index (χ0) is 14.7. The van der Waals surface area contributed by atoms with Crippen LogP contribution in [0, 0.1) is 6.92 Å². The Morgan fingerprint density at radius 2 is 1.95 bits per heavy atom. The first-order chi connectivity index (χ1) is 10.2. The van der Waals surface area contributed by atoms with Crippen LogP contribution < -0.4 is 4.74 Å². The van der Waals surface area contributed by atoms with Gasteiger partial charge >= 0.3 is 0 Å². The van der Waals surface area contributed by atoms with E-state index >= 15 is 0 Å². The van der Waals surface area contributed by atoms with E-state index in [0.717, 1.165) is 17.1 Å². The number of halogens is 1. The molecule has 0 aliphatic rings. The summed E-state index contributed by atoms with van der Waals surface area (Å²) in [6.07, 6.45) is 1.82. The van der Waals surface area contributed by atoms with Crippen molar-refractivity contribution < 1.29 is 4.74 Å². The fourth-order valence-electron chi connectivity index (χ4n) is 1.83. The number of nitrogens with zero attached hydrogens (tertiary/aromatic N) is 4. The van der Waals surface area contributed by atoms with Crippen molar-refractivity contribution in [2.45, 2.75) is 13.5 Å². The molecule has 0 atom stereocenters. The van der Waals surface area contributed by atoms with Crippen LogP contribution in [0.25, 0.3) is 5.69 Å². The molecule has 0 spiro atoms. The maximum Gasteiger partial charge on any atom is 0.213 e. The van der Waals surface area contributed by atoms with E-state index in [1.807, 2.05) is 55.6 Å². The molecule has 0 amide bonds. The summed E-state index contributed by atoms with van der Waals surface area (Å²) in [7, 11) is 0. The molecule has 0 N–H and O–H groups in total. The van der Waals surface area contributed by atoms with Crippen LogP contribution in [0.5, 0.6) is 5.88 Å². The predicted octanol–water partition coefficient (Wildman–Crippen LogP) is 3.20. The maximum absolute atomic E-state index is 5.86. The standard InChI is InChI=1S/C15H13ClN4O/c1-11-3-2-4-15(17-11)21-10-13-9-20(19-18-13)14-7-5-12(16)6-8-14/h2-9H,10H2,1H3. The predicted molar refractivity (Wildman–Crippen MR) is 79.7 cm³/mol. The topological polar surface area (TPSA) is 52.8 Å². The number of benzene rings is 1. The van der Waals surface area contributed by atoms with E-state index in [1.54, 1.807) is 4.68 Å². The Balaban J connectivity index is 1.69. The minimum Gasteiger partial charge on any atom is -0.471 e. The third-order valence-corrected chi connectivity index (χ3v) is 3.11. The highest BCUT2D eigenvalue weighted by Gasteiger charge is 2.04. The van der Waals surface area contributed by atoms with Crippen LogP contribution in [0.4, 0.5) is 0 Å². The Bertz CT molecular complexity index is 739. The van der Waals surface area contributed by atoms with E-state index in [1.165, 1.54) is 0 Å². The molecule has 1 aromatic carbocycles. The normalized spacial score (nSPS) is 10.6. The van der Waals surface area contributed by atoms with Gasteiger partial charge in [0.05, 0.1) is 11.9 Å². The molecule has 0 saturated carbocycles. The van der Waals surface area contributed by atoms with E-state index in [2.05, 4.69) is 15.3 Å². The molecule has 0 saturated heterocycles. The van der Waals surface area contributed by atoms with Gasteiger partial charge in [-0.1, -0.05) is 22.9 Å². The van der Waals surface area contributed by atoms with Gasteiger partial charge in [0.1, 0.15) is 12.3 Å². The molecule has 0 unspecified atom stereocenters. The Morgan fingerprint density at radius 1 is 1.14 bits per heavy atom. The van der Waals surface area contributed by atoms with Crippen LogP contribution in [-0.4, -0.2) is 20.0 Å². The van der Waals surface area contributed by atoms with Gasteiger partial charge in [0, 0.05) is 16.8 Å². The largest absolute Gasteiger partial charge is 0.471 e. The highest BCUT2D eigenvalue weighted by atomic mass is 35.5. The Labute approximate surface area is 127 Å². The number of aromatic nitrogens is 4. The Hall–Kier alpha value is -2.40. The van der Waals surface area contributed by atoms with Crippen molar-refractivity contribution in [2.24, 2.45) is 0 Å². The lowest BCUT2D eigenvalue weighted by Crippen LogP contribution is -1.98. The Kier molecular flexibility index (Phi) is 3.83. The van der Waals surface area contributed by atoms with Crippen molar-refractivity contribution in [1.29, 1.82) is 0 Å². The fourth-order valence-corrected chi connectivity index (χ4v) is 1.96. The zero-order valence-corrected chi connectivity index (χ0v) is 12.2. The molecule has 0 fully saturated rings. The molecular formula is C15H13ClN4O. The van der Waals surface area contributed by atoms with Gasteiger partial charge in [-0.25, -0.2) is 9.67 Å². The second-order valence-corrected chi connectivity index (χ2v) is 4.97. The summed E-state index contributed by atoms with van der Waals surface area (Å²) in [5.41, 5.74) is 2.54. The monoisotopic (exact) mass is 300 g/mol. The lowest BCUT2D eigenvalue weighted by Gasteiger charge is -2.03. The van der Waals surface area contributed by atoms with E-state index in [0.29, 0.717) is 17.5 Å². The third kappa shape index (κ3) is 3.38. The Morgan fingerprint density at radius 3 is 2.71 bits per heavy atom. The summed E-state index contributed by atoms with van der Waals surface area (Å²) in [6, 6.07) is 13.0. The van der Waals surface area contributed by atoms with Gasteiger partial charge in [0.2, 0.25) is 5.88 Å². The van der Waals surface area contributed by atoms with Crippen molar-refractivity contribution in [3.8, 4) is 11.6 Å². The van der Waals surface area contributed by atoms with Gasteiger partial charge in [-0.3, -0.25) is 0 Å². The lowest BCUT2D eigenvalue weighted by atomic mass is 10.3. The molecule has 6 heteroatoms. The average Bonchev–Trinajstić information content (AvgIpc) is 2.95. The minimum absolute atomic E-state index is 0.323. The van der Waals surface area contributed by atoms with E-state index in [4.69, 9.17) is 16.3 Å². The zero-order valence-electron chi connectivity index (χ0n) is 11.4. The van der Waals surface area contributed by atoms with Gasteiger partial charge in [-0.15, -0.1) is 5.10 Å². The van der Waals surface area contributed by atoms with Gasteiger partial charge < -0.3 is 4.74 Å². The van der Waals surface area contributed by atoms with Crippen molar-refractivity contribution in [3.63, 3.8) is 0 Å². The minimum atomic E-state index is 0.323. The molecule has 106 valence electrons. The molecule has 0 aliphatic heterocycles. The molecule has 3 aromatic rings. The summed E-state index contributed by atoms with van der Waals surface area (Å²) in [6.45, 7) is 2.24. The first-order valence-electron chi connectivity index (χ1n) is 6.44. The van der Waals surface area contributed by atoms with Crippen LogP contribution in [0.2, 0.25) is 5.02 Å². The maximum atomic E-state index is 5.86. The molecule has 21 heavy (non-hydrogen) atoms. The third-order valence-electron chi connectivity index (χ3n) is 2.86. The van der Waals surface area contributed by atoms with Gasteiger partial charge in [-0.2, -0.15) is 0 Å². The van der Waals surface area contributed by atoms with Gasteiger partial charge in [0.15, 0.2) is 0 Å². The van der Waals surface area contributed by atoms with Crippen LogP contribution in [0.3, 0.4) is 0 Å². The summed E-state index contributed by atoms with van der Waals surface area (Å²) in [5.74, 6) is 0.580. The second-order valence-electron chi connectivity index (χ2n) is 4.54. The molecule has 5 nitrogen and oxygen atoms in total. The van der Waals surface area contributed by atoms with Gasteiger partial charge in [0.25, 0.3) is 0 Å². The SMILES string of the molecule is Cc1cccc(OCc2cn(-c3ccc(Cl)cc3)nn2)n1. The number of hydrogen-bond acceptors (Lipinski definition) is 4. The van der Waals surface area contributed by atoms with E-state index in [-0.39, 0.29) is 0 Å². The highest BCUT2D eigenvalue weighted by molar-refractivity contribution is 6.30. The molecular weight excluding hydrogens is 288 g/mol. The first-order valence-corrected chi connectivity index (χ1v) is 6.82. The summed E-state index contributed by atoms with van der Waals surface area (Å²) in [4.78, 5) is 4.27. The first kappa shape index (κ1) is 13.6. The number of pyridine rings is 1. The average molecular weight is 301 g/mol. The van der Waals surface area contributed by atoms with Gasteiger partial charge in [-0.05, 0) is 37.3 Å². The second kappa shape index (κ2) is 5.93. The summed E-state index contributed by atoms with van der Waals surface area (Å²) in [5, 5.41) is 8.84. The van der Waals surface area contributed by atoms with E-state index < -0.39 is 0 Å². The molecule has 3 rings (SSSR count). The number of hydrogen-bond donors (Lipinski definition) is 0. The van der Waals surface area contributed by atoms with Crippen molar-refractivity contribution in [2.75, 3.05) is 0 Å². The summed E-state index contributed by atoms with van der Waals surface area (Å²) < 4.78 is 7.27. The lowest BCUT2D eigenvalue weighted by molar-refractivity contribution is 0.288. The van der Waals surface area contributed by atoms with Crippen LogP contribution in [-0.2, 0) is 6.61 Å². The summed E-state index contributed by atoms with van der Waals surface area (Å²) >= 11 is 5.86. The number of ether oxygens (including phenoxy) is 1. The number of rotatable bonds is 4. The van der Waals surface area contributed by atoms with Crippen LogP contribution >= 0.6 is 11.6 Å². The number of aryl methyl sites for hydroxylation is 1. The van der Waals surface area contributed by atoms with Crippen LogP contribution in [0.1, 0.15) is 11.4 Å². The molecule has 0 bridgehead atoms.